The molecule has 138 valence electrons. The monoisotopic (exact) mass is 365 g/mol. The molecule has 7 heteroatoms. The average Bonchev–Trinajstić information content (AvgIpc) is 3.33. The van der Waals surface area contributed by atoms with E-state index in [-0.39, 0.29) is 0 Å². The van der Waals surface area contributed by atoms with E-state index in [2.05, 4.69) is 10.7 Å². The molecule has 27 heavy (non-hydrogen) atoms. The molecule has 2 fully saturated rings. The molecule has 1 atom stereocenters. The first-order chi connectivity index (χ1) is 13.1. The molecule has 2 aliphatic heterocycles. The van der Waals surface area contributed by atoms with E-state index in [1.807, 2.05) is 12.1 Å². The molecular weight excluding hydrogens is 346 g/mol. The van der Waals surface area contributed by atoms with Crippen LogP contribution in [0.25, 0.3) is 0 Å². The first kappa shape index (κ1) is 17.2. The van der Waals surface area contributed by atoms with E-state index >= 15 is 0 Å². The highest BCUT2D eigenvalue weighted by Gasteiger charge is 2.54. The number of nitrogens with zero attached hydrogens (tertiary/aromatic N) is 1. The Labute approximate surface area is 156 Å². The zero-order chi connectivity index (χ0) is 18.9. The second kappa shape index (κ2) is 6.85. The Morgan fingerprint density at radius 2 is 1.63 bits per heavy atom. The number of amides is 4. The molecule has 0 aliphatic carbocycles. The van der Waals surface area contributed by atoms with Crippen molar-refractivity contribution in [1.82, 2.24) is 15.8 Å². The van der Waals surface area contributed by atoms with Gasteiger partial charge in [-0.05, 0) is 24.0 Å². The largest absolute Gasteiger partial charge is 0.368 e. The van der Waals surface area contributed by atoms with Crippen LogP contribution in [0.1, 0.15) is 24.0 Å². The number of rotatable bonds is 4. The zero-order valence-electron chi connectivity index (χ0n) is 14.6. The molecule has 4 amide bonds. The Morgan fingerprint density at radius 1 is 1.04 bits per heavy atom. The lowest BCUT2D eigenvalue weighted by molar-refractivity contribution is -0.142. The van der Waals surface area contributed by atoms with Crippen LogP contribution in [0.3, 0.4) is 0 Å². The minimum atomic E-state index is -1.40. The summed E-state index contributed by atoms with van der Waals surface area (Å²) < 4.78 is 5.34. The Hall–Kier alpha value is -3.19. The number of hydrogen-bond donors (Lipinski definition) is 2. The summed E-state index contributed by atoms with van der Waals surface area (Å²) in [5, 5.41) is 3.53. The lowest BCUT2D eigenvalue weighted by Crippen LogP contribution is -2.51. The van der Waals surface area contributed by atoms with Gasteiger partial charge in [-0.25, -0.2) is 4.79 Å². The Kier molecular flexibility index (Phi) is 4.37. The van der Waals surface area contributed by atoms with E-state index < -0.39 is 29.5 Å². The Balaban J connectivity index is 1.71. The van der Waals surface area contributed by atoms with Crippen LogP contribution in [0.15, 0.2) is 60.7 Å². The number of hydrazine groups is 1. The average molecular weight is 365 g/mol. The van der Waals surface area contributed by atoms with Crippen LogP contribution in [0, 0.1) is 0 Å². The van der Waals surface area contributed by atoms with Crippen molar-refractivity contribution in [3.8, 4) is 0 Å². The SMILES string of the molecule is O=C(NN1C(=O)NC(c2ccccc2)(c2ccccc2)C1=O)C1CCCO1. The standard InChI is InChI=1S/C20H19N3O4/c24-17(16-12-7-13-27-16)22-23-18(25)20(21-19(23)26,14-8-3-1-4-9-14)15-10-5-2-6-11-15/h1-6,8-11,16H,7,12-13H2,(H,21,26)(H,22,24). The molecule has 0 saturated carbocycles. The number of ether oxygens (including phenoxy) is 1. The molecule has 2 aromatic rings. The predicted molar refractivity (Wildman–Crippen MR) is 96.2 cm³/mol. The van der Waals surface area contributed by atoms with Gasteiger partial charge in [-0.1, -0.05) is 60.7 Å². The van der Waals surface area contributed by atoms with Gasteiger partial charge in [-0.15, -0.1) is 0 Å². The Morgan fingerprint density at radius 3 is 2.15 bits per heavy atom. The van der Waals surface area contributed by atoms with Crippen LogP contribution in [-0.4, -0.2) is 35.6 Å². The van der Waals surface area contributed by atoms with Crippen LogP contribution in [-0.2, 0) is 19.9 Å². The number of nitrogens with one attached hydrogen (secondary N) is 2. The molecule has 2 heterocycles. The van der Waals surface area contributed by atoms with Crippen molar-refractivity contribution in [3.63, 3.8) is 0 Å². The summed E-state index contributed by atoms with van der Waals surface area (Å²) in [4.78, 5) is 38.4. The van der Waals surface area contributed by atoms with Crippen molar-refractivity contribution in [1.29, 1.82) is 0 Å². The molecule has 0 radical (unpaired) electrons. The maximum atomic E-state index is 13.4. The minimum Gasteiger partial charge on any atom is -0.368 e. The van der Waals surface area contributed by atoms with E-state index in [1.165, 1.54) is 0 Å². The third-order valence-electron chi connectivity index (χ3n) is 4.88. The van der Waals surface area contributed by atoms with Crippen LogP contribution < -0.4 is 10.7 Å². The summed E-state index contributed by atoms with van der Waals surface area (Å²) in [5.74, 6) is -1.05. The van der Waals surface area contributed by atoms with Gasteiger partial charge < -0.3 is 10.1 Å². The van der Waals surface area contributed by atoms with E-state index in [9.17, 15) is 14.4 Å². The van der Waals surface area contributed by atoms with E-state index in [4.69, 9.17) is 4.74 Å². The summed E-state index contributed by atoms with van der Waals surface area (Å²) in [5.41, 5.74) is 2.25. The summed E-state index contributed by atoms with van der Waals surface area (Å²) in [6.45, 7) is 0.496. The van der Waals surface area contributed by atoms with Gasteiger partial charge in [-0.2, -0.15) is 5.01 Å². The lowest BCUT2D eigenvalue weighted by atomic mass is 9.83. The first-order valence-electron chi connectivity index (χ1n) is 8.83. The van der Waals surface area contributed by atoms with Crippen molar-refractivity contribution >= 4 is 17.8 Å². The number of carbonyl (C=O) groups is 3. The van der Waals surface area contributed by atoms with Gasteiger partial charge >= 0.3 is 6.03 Å². The normalized spacial score (nSPS) is 21.2. The van der Waals surface area contributed by atoms with E-state index in [1.54, 1.807) is 48.5 Å². The van der Waals surface area contributed by atoms with Crippen molar-refractivity contribution < 1.29 is 19.1 Å². The topological polar surface area (TPSA) is 87.7 Å². The number of carbonyl (C=O) groups excluding carboxylic acids is 3. The fourth-order valence-electron chi connectivity index (χ4n) is 3.53. The van der Waals surface area contributed by atoms with Crippen molar-refractivity contribution in [2.24, 2.45) is 0 Å². The van der Waals surface area contributed by atoms with Gasteiger partial charge in [-0.3, -0.25) is 15.0 Å². The molecule has 2 aromatic carbocycles. The third kappa shape index (κ3) is 2.86. The van der Waals surface area contributed by atoms with Gasteiger partial charge in [0.1, 0.15) is 6.10 Å². The summed E-state index contributed by atoms with van der Waals surface area (Å²) >= 11 is 0. The van der Waals surface area contributed by atoms with Gasteiger partial charge in [0.15, 0.2) is 5.54 Å². The van der Waals surface area contributed by atoms with Gasteiger partial charge in [0, 0.05) is 6.61 Å². The zero-order valence-corrected chi connectivity index (χ0v) is 14.6. The second-order valence-corrected chi connectivity index (χ2v) is 6.53. The van der Waals surface area contributed by atoms with Crippen molar-refractivity contribution in [2.75, 3.05) is 6.61 Å². The molecule has 7 nitrogen and oxygen atoms in total. The van der Waals surface area contributed by atoms with Crippen molar-refractivity contribution in [3.05, 3.63) is 71.8 Å². The fourth-order valence-corrected chi connectivity index (χ4v) is 3.53. The van der Waals surface area contributed by atoms with Gasteiger partial charge in [0.05, 0.1) is 0 Å². The maximum absolute atomic E-state index is 13.4. The number of hydrogen-bond acceptors (Lipinski definition) is 4. The summed E-state index contributed by atoms with van der Waals surface area (Å²) in [6, 6.07) is 17.3. The molecular formula is C20H19N3O4. The van der Waals surface area contributed by atoms with Crippen LogP contribution in [0.5, 0.6) is 0 Å². The molecule has 0 aromatic heterocycles. The molecule has 1 unspecified atom stereocenters. The van der Waals surface area contributed by atoms with Crippen LogP contribution >= 0.6 is 0 Å². The van der Waals surface area contributed by atoms with Crippen LogP contribution in [0.4, 0.5) is 4.79 Å². The smallest absolute Gasteiger partial charge is 0.344 e. The molecule has 4 rings (SSSR count). The highest BCUT2D eigenvalue weighted by Crippen LogP contribution is 2.35. The molecule has 2 saturated heterocycles. The van der Waals surface area contributed by atoms with E-state index in [0.29, 0.717) is 24.2 Å². The maximum Gasteiger partial charge on any atom is 0.344 e. The van der Waals surface area contributed by atoms with Crippen molar-refractivity contribution in [2.45, 2.75) is 24.5 Å². The summed E-state index contributed by atoms with van der Waals surface area (Å²) in [7, 11) is 0. The van der Waals surface area contributed by atoms with E-state index in [0.717, 1.165) is 11.4 Å². The molecule has 2 N–H and O–H groups in total. The number of benzene rings is 2. The second-order valence-electron chi connectivity index (χ2n) is 6.53. The number of urea groups is 1. The Bertz CT molecular complexity index is 824. The van der Waals surface area contributed by atoms with Gasteiger partial charge in [0.25, 0.3) is 11.8 Å². The molecule has 0 spiro atoms. The molecule has 2 aliphatic rings. The number of imide groups is 1. The predicted octanol–water partition coefficient (Wildman–Crippen LogP) is 1.69. The minimum absolute atomic E-state index is 0.493. The fraction of sp³-hybridized carbons (Fsp3) is 0.250. The van der Waals surface area contributed by atoms with Crippen LogP contribution in [0.2, 0.25) is 0 Å². The first-order valence-corrected chi connectivity index (χ1v) is 8.83. The lowest BCUT2D eigenvalue weighted by Gasteiger charge is -2.28. The summed E-state index contributed by atoms with van der Waals surface area (Å²) in [6.07, 6.45) is 0.697. The quantitative estimate of drug-likeness (QED) is 0.807. The third-order valence-corrected chi connectivity index (χ3v) is 4.88. The highest BCUT2D eigenvalue weighted by molar-refractivity contribution is 6.10. The van der Waals surface area contributed by atoms with Gasteiger partial charge in [0.2, 0.25) is 0 Å². The highest BCUT2D eigenvalue weighted by atomic mass is 16.5. The molecule has 0 bridgehead atoms.